The molecule has 0 saturated carbocycles. The van der Waals surface area contributed by atoms with Gasteiger partial charge in [0.1, 0.15) is 11.2 Å². The molecule has 3 heterocycles. The Bertz CT molecular complexity index is 3950. The molecule has 0 fully saturated rings. The summed E-state index contributed by atoms with van der Waals surface area (Å²) < 4.78 is 8.92. The van der Waals surface area contributed by atoms with Gasteiger partial charge in [-0.25, -0.2) is 15.0 Å². The molecule has 1 aliphatic rings. The molecule has 5 nitrogen and oxygen atoms in total. The fourth-order valence-corrected chi connectivity index (χ4v) is 10.8. The molecule has 0 atom stereocenters. The minimum absolute atomic E-state index is 0.0535. The zero-order valence-corrected chi connectivity index (χ0v) is 37.4. The molecule has 316 valence electrons. The van der Waals surface area contributed by atoms with Gasteiger partial charge in [0.15, 0.2) is 17.5 Å². The van der Waals surface area contributed by atoms with Crippen LogP contribution in [0.1, 0.15) is 51.7 Å². The smallest absolute Gasteiger partial charge is 0.164 e. The van der Waals surface area contributed by atoms with E-state index < -0.39 is 0 Å². The van der Waals surface area contributed by atoms with Crippen molar-refractivity contribution in [2.75, 3.05) is 0 Å². The topological polar surface area (TPSA) is 56.7 Å². The van der Waals surface area contributed by atoms with Crippen molar-refractivity contribution in [2.45, 2.75) is 51.4 Å². The summed E-state index contributed by atoms with van der Waals surface area (Å²) in [7, 11) is 0. The van der Waals surface area contributed by atoms with Crippen LogP contribution in [0.4, 0.5) is 0 Å². The summed E-state index contributed by atoms with van der Waals surface area (Å²) in [5, 5.41) is 9.36. The first-order valence-corrected chi connectivity index (χ1v) is 23.1. The summed E-state index contributed by atoms with van der Waals surface area (Å²) in [6.07, 6.45) is 2.32. The Hall–Kier alpha value is -7.89. The normalized spacial score (nSPS) is 14.5. The molecule has 0 bridgehead atoms. The van der Waals surface area contributed by atoms with Crippen LogP contribution in [0.25, 0.3) is 116 Å². The van der Waals surface area contributed by atoms with Crippen LogP contribution in [-0.4, -0.2) is 19.5 Å². The van der Waals surface area contributed by atoms with Gasteiger partial charge in [0.2, 0.25) is 0 Å². The Morgan fingerprint density at radius 2 is 1.02 bits per heavy atom. The second kappa shape index (κ2) is 14.3. The molecule has 0 amide bonds. The lowest BCUT2D eigenvalue weighted by Crippen LogP contribution is -2.33. The number of aromatic nitrogens is 4. The van der Waals surface area contributed by atoms with Crippen molar-refractivity contribution >= 4 is 65.3 Å². The van der Waals surface area contributed by atoms with Gasteiger partial charge in [0, 0.05) is 49.0 Å². The average Bonchev–Trinajstić information content (AvgIpc) is 3.90. The molecular formula is C61H46N4O. The predicted octanol–water partition coefficient (Wildman–Crippen LogP) is 16.2. The monoisotopic (exact) mass is 850 g/mol. The summed E-state index contributed by atoms with van der Waals surface area (Å²) >= 11 is 0. The highest BCUT2D eigenvalue weighted by atomic mass is 16.3. The summed E-state index contributed by atoms with van der Waals surface area (Å²) in [5.41, 5.74) is 13.2. The first kappa shape index (κ1) is 38.6. The van der Waals surface area contributed by atoms with E-state index in [-0.39, 0.29) is 10.8 Å². The van der Waals surface area contributed by atoms with Gasteiger partial charge in [-0.05, 0) is 105 Å². The molecule has 1 aliphatic carbocycles. The van der Waals surface area contributed by atoms with Gasteiger partial charge in [-0.1, -0.05) is 161 Å². The van der Waals surface area contributed by atoms with Gasteiger partial charge in [-0.15, -0.1) is 0 Å². The Balaban J connectivity index is 1.06. The van der Waals surface area contributed by atoms with E-state index >= 15 is 0 Å². The highest BCUT2D eigenvalue weighted by molar-refractivity contribution is 6.20. The molecule has 12 aromatic rings. The highest BCUT2D eigenvalue weighted by Crippen LogP contribution is 2.50. The molecule has 0 saturated heterocycles. The third-order valence-corrected chi connectivity index (χ3v) is 14.5. The van der Waals surface area contributed by atoms with E-state index in [2.05, 4.69) is 190 Å². The molecular weight excluding hydrogens is 805 g/mol. The summed E-state index contributed by atoms with van der Waals surface area (Å²) in [5.74, 6) is 1.80. The lowest BCUT2D eigenvalue weighted by Gasteiger charge is -2.42. The fraction of sp³-hybridized carbons (Fsp3) is 0.131. The van der Waals surface area contributed by atoms with E-state index in [1.165, 1.54) is 50.1 Å². The van der Waals surface area contributed by atoms with Gasteiger partial charge in [0.05, 0.1) is 16.7 Å². The maximum atomic E-state index is 6.38. The van der Waals surface area contributed by atoms with E-state index in [1.54, 1.807) is 0 Å². The third-order valence-electron chi connectivity index (χ3n) is 14.5. The third kappa shape index (κ3) is 5.96. The lowest BCUT2D eigenvalue weighted by atomic mass is 9.63. The molecule has 0 spiro atoms. The SMILES string of the molecule is CC1(C)CCC(C)(C)c2cc3c(cc21)c1ccc2ccccc2c1n3-c1ccc(-c2nc(-c3cccc(-c4ccccc4)c3)nc(-c3ccc4c(c3)oc3ccccc34)n2)c2ccccc12. The quantitative estimate of drug-likeness (QED) is 0.173. The zero-order chi connectivity index (χ0) is 44.3. The summed E-state index contributed by atoms with van der Waals surface area (Å²) in [6, 6.07) is 65.1. The minimum Gasteiger partial charge on any atom is -0.456 e. The molecule has 9 aromatic carbocycles. The molecule has 13 rings (SSSR count). The number of benzene rings is 9. The van der Waals surface area contributed by atoms with E-state index in [0.717, 1.165) is 72.6 Å². The molecule has 0 aliphatic heterocycles. The van der Waals surface area contributed by atoms with Crippen molar-refractivity contribution in [3.63, 3.8) is 0 Å². The summed E-state index contributed by atoms with van der Waals surface area (Å²) in [6.45, 7) is 9.68. The first-order valence-electron chi connectivity index (χ1n) is 23.1. The van der Waals surface area contributed by atoms with Gasteiger partial charge in [-0.3, -0.25) is 0 Å². The Labute approximate surface area is 383 Å². The predicted molar refractivity (Wildman–Crippen MR) is 273 cm³/mol. The van der Waals surface area contributed by atoms with Crippen LogP contribution in [0.2, 0.25) is 0 Å². The number of para-hydroxylation sites is 1. The molecule has 66 heavy (non-hydrogen) atoms. The standard InChI is InChI=1S/C61H46N4O/c1-60(2)31-32-61(3,4)51-36-53-49(35-50(51)60)47-28-25-38-17-8-9-20-42(38)56(47)65(53)52-30-29-48(43-21-10-11-22-44(43)52)59-63-57(40-19-14-18-39(33-40)37-15-6-5-7-16-37)62-58(64-59)41-26-27-46-45-23-12-13-24-54(45)66-55(46)34-41/h5-30,33-36H,31-32H2,1-4H3. The molecule has 5 heteroatoms. The lowest BCUT2D eigenvalue weighted by molar-refractivity contribution is 0.332. The first-order chi connectivity index (χ1) is 32.2. The number of rotatable bonds is 5. The molecule has 3 aromatic heterocycles. The highest BCUT2D eigenvalue weighted by Gasteiger charge is 2.38. The maximum absolute atomic E-state index is 6.38. The van der Waals surface area contributed by atoms with Crippen molar-refractivity contribution in [1.29, 1.82) is 0 Å². The number of furan rings is 1. The molecule has 0 N–H and O–H groups in total. The summed E-state index contributed by atoms with van der Waals surface area (Å²) in [4.78, 5) is 15.9. The Morgan fingerprint density at radius 1 is 0.409 bits per heavy atom. The second-order valence-electron chi connectivity index (χ2n) is 19.4. The van der Waals surface area contributed by atoms with Gasteiger partial charge < -0.3 is 8.98 Å². The number of hydrogen-bond acceptors (Lipinski definition) is 4. The van der Waals surface area contributed by atoms with E-state index in [4.69, 9.17) is 19.4 Å². The van der Waals surface area contributed by atoms with Crippen LogP contribution in [0.5, 0.6) is 0 Å². The van der Waals surface area contributed by atoms with Gasteiger partial charge in [0.25, 0.3) is 0 Å². The number of nitrogens with zero attached hydrogens (tertiary/aromatic N) is 4. The van der Waals surface area contributed by atoms with E-state index in [9.17, 15) is 0 Å². The zero-order valence-electron chi connectivity index (χ0n) is 37.4. The van der Waals surface area contributed by atoms with Gasteiger partial charge in [-0.2, -0.15) is 0 Å². The molecule has 0 unspecified atom stereocenters. The van der Waals surface area contributed by atoms with Crippen LogP contribution in [0.15, 0.2) is 186 Å². The molecule has 0 radical (unpaired) electrons. The maximum Gasteiger partial charge on any atom is 0.164 e. The van der Waals surface area contributed by atoms with E-state index in [1.807, 2.05) is 24.3 Å². The van der Waals surface area contributed by atoms with Crippen molar-refractivity contribution in [3.05, 3.63) is 193 Å². The average molecular weight is 851 g/mol. The van der Waals surface area contributed by atoms with Crippen molar-refractivity contribution in [1.82, 2.24) is 19.5 Å². The fourth-order valence-electron chi connectivity index (χ4n) is 10.8. The van der Waals surface area contributed by atoms with Crippen LogP contribution in [0, 0.1) is 0 Å². The van der Waals surface area contributed by atoms with Crippen molar-refractivity contribution in [3.8, 4) is 51.0 Å². The van der Waals surface area contributed by atoms with Crippen molar-refractivity contribution < 1.29 is 4.42 Å². The van der Waals surface area contributed by atoms with Crippen LogP contribution < -0.4 is 0 Å². The minimum atomic E-state index is 0.0535. The van der Waals surface area contributed by atoms with Crippen molar-refractivity contribution in [2.24, 2.45) is 0 Å². The second-order valence-corrected chi connectivity index (χ2v) is 19.4. The van der Waals surface area contributed by atoms with Crippen LogP contribution >= 0.6 is 0 Å². The Morgan fingerprint density at radius 3 is 1.82 bits per heavy atom. The van der Waals surface area contributed by atoms with Crippen LogP contribution in [0.3, 0.4) is 0 Å². The number of fused-ring (bicyclic) bond motifs is 10. The number of hydrogen-bond donors (Lipinski definition) is 0. The van der Waals surface area contributed by atoms with Gasteiger partial charge >= 0.3 is 0 Å². The largest absolute Gasteiger partial charge is 0.456 e. The Kier molecular flexibility index (Phi) is 8.36. The van der Waals surface area contributed by atoms with E-state index in [0.29, 0.717) is 17.5 Å². The van der Waals surface area contributed by atoms with Crippen LogP contribution in [-0.2, 0) is 10.8 Å².